The van der Waals surface area contributed by atoms with Gasteiger partial charge in [0.25, 0.3) is 0 Å². The van der Waals surface area contributed by atoms with Crippen molar-refractivity contribution in [2.75, 3.05) is 12.8 Å². The van der Waals surface area contributed by atoms with Crippen LogP contribution in [0, 0.1) is 6.92 Å². The number of nitrogen functional groups attached to an aromatic ring is 1. The van der Waals surface area contributed by atoms with Gasteiger partial charge in [0.2, 0.25) is 0 Å². The summed E-state index contributed by atoms with van der Waals surface area (Å²) >= 11 is 0. The van der Waals surface area contributed by atoms with Crippen LogP contribution in [0.1, 0.15) is 5.69 Å². The number of nitrogens with two attached hydrogens (primary N) is 1. The van der Waals surface area contributed by atoms with Crippen LogP contribution >= 0.6 is 0 Å². The number of methoxy groups -OCH3 is 1. The molecule has 2 heterocycles. The largest absolute Gasteiger partial charge is 0.497 e. The third-order valence-electron chi connectivity index (χ3n) is 3.00. The molecule has 5 heteroatoms. The topological polar surface area (TPSA) is 76.8 Å². The number of nitrogens with zero attached hydrogens (tertiary/aromatic N) is 2. The second kappa shape index (κ2) is 4.28. The molecule has 0 aliphatic heterocycles. The van der Waals surface area contributed by atoms with Crippen molar-refractivity contribution in [1.29, 1.82) is 0 Å². The highest BCUT2D eigenvalue weighted by Crippen LogP contribution is 2.29. The number of rotatable bonds is 2. The number of benzene rings is 1. The second-order valence-electron chi connectivity index (χ2n) is 4.36. The van der Waals surface area contributed by atoms with Crippen LogP contribution in [0.3, 0.4) is 0 Å². The maximum Gasteiger partial charge on any atom is 0.178 e. The van der Waals surface area contributed by atoms with Crippen molar-refractivity contribution in [2.45, 2.75) is 6.92 Å². The quantitative estimate of drug-likeness (QED) is 0.689. The van der Waals surface area contributed by atoms with Crippen LogP contribution in [-0.4, -0.2) is 22.1 Å². The molecule has 0 bridgehead atoms. The number of anilines is 1. The van der Waals surface area contributed by atoms with Crippen LogP contribution in [0.2, 0.25) is 0 Å². The molecule has 0 atom stereocenters. The molecule has 0 saturated heterocycles. The number of aryl methyl sites for hydroxylation is 1. The van der Waals surface area contributed by atoms with Gasteiger partial charge in [-0.3, -0.25) is 0 Å². The summed E-state index contributed by atoms with van der Waals surface area (Å²) in [5, 5.41) is 0. The molecule has 5 nitrogen and oxygen atoms in total. The van der Waals surface area contributed by atoms with E-state index in [1.165, 1.54) is 0 Å². The molecule has 2 aromatic heterocycles. The molecule has 0 fully saturated rings. The van der Waals surface area contributed by atoms with Crippen molar-refractivity contribution in [1.82, 2.24) is 15.0 Å². The van der Waals surface area contributed by atoms with Gasteiger partial charge < -0.3 is 15.5 Å². The van der Waals surface area contributed by atoms with E-state index < -0.39 is 0 Å². The van der Waals surface area contributed by atoms with Crippen LogP contribution in [0.25, 0.3) is 22.6 Å². The first-order valence-corrected chi connectivity index (χ1v) is 5.94. The zero-order valence-corrected chi connectivity index (χ0v) is 10.8. The third kappa shape index (κ3) is 1.99. The molecular formula is C14H14N4O. The first-order valence-electron chi connectivity index (χ1n) is 5.94. The van der Waals surface area contributed by atoms with E-state index in [2.05, 4.69) is 15.0 Å². The van der Waals surface area contributed by atoms with Crippen molar-refractivity contribution in [2.24, 2.45) is 0 Å². The SMILES string of the molecule is COc1ccc(N)c(-c2nc3nc(C)ccc3[nH]2)c1. The molecule has 0 aliphatic rings. The fraction of sp³-hybridized carbons (Fsp3) is 0.143. The number of hydrogen-bond donors (Lipinski definition) is 2. The molecule has 3 aromatic rings. The van der Waals surface area contributed by atoms with Gasteiger partial charge in [0.1, 0.15) is 11.6 Å². The maximum atomic E-state index is 5.99. The molecule has 0 saturated carbocycles. The predicted octanol–water partition coefficient (Wildman–Crippen LogP) is 2.52. The van der Waals surface area contributed by atoms with Gasteiger partial charge in [0.05, 0.1) is 12.6 Å². The van der Waals surface area contributed by atoms with Gasteiger partial charge in [0.15, 0.2) is 5.65 Å². The molecular weight excluding hydrogens is 240 g/mol. The summed E-state index contributed by atoms with van der Waals surface area (Å²) in [6.45, 7) is 1.94. The Labute approximate surface area is 110 Å². The van der Waals surface area contributed by atoms with Crippen molar-refractivity contribution < 1.29 is 4.74 Å². The second-order valence-corrected chi connectivity index (χ2v) is 4.36. The molecule has 0 radical (unpaired) electrons. The van der Waals surface area contributed by atoms with Gasteiger partial charge in [0, 0.05) is 16.9 Å². The van der Waals surface area contributed by atoms with Gasteiger partial charge in [-0.05, 0) is 37.3 Å². The smallest absolute Gasteiger partial charge is 0.178 e. The molecule has 0 aliphatic carbocycles. The normalized spacial score (nSPS) is 10.8. The van der Waals surface area contributed by atoms with E-state index in [-0.39, 0.29) is 0 Å². The number of imidazole rings is 1. The number of ether oxygens (including phenoxy) is 1. The van der Waals surface area contributed by atoms with Crippen molar-refractivity contribution >= 4 is 16.9 Å². The lowest BCUT2D eigenvalue weighted by atomic mass is 10.1. The summed E-state index contributed by atoms with van der Waals surface area (Å²) in [4.78, 5) is 12.1. The lowest BCUT2D eigenvalue weighted by molar-refractivity contribution is 0.415. The summed E-state index contributed by atoms with van der Waals surface area (Å²) in [6, 6.07) is 9.40. The molecule has 19 heavy (non-hydrogen) atoms. The number of nitrogens with one attached hydrogen (secondary N) is 1. The van der Waals surface area contributed by atoms with Crippen molar-refractivity contribution in [3.8, 4) is 17.1 Å². The lowest BCUT2D eigenvalue weighted by Crippen LogP contribution is -1.93. The highest BCUT2D eigenvalue weighted by Gasteiger charge is 2.10. The average molecular weight is 254 g/mol. The maximum absolute atomic E-state index is 5.99. The van der Waals surface area contributed by atoms with Crippen molar-refractivity contribution in [3.63, 3.8) is 0 Å². The van der Waals surface area contributed by atoms with Crippen LogP contribution in [-0.2, 0) is 0 Å². The summed E-state index contributed by atoms with van der Waals surface area (Å²) < 4.78 is 5.21. The Balaban J connectivity index is 2.18. The van der Waals surface area contributed by atoms with Crippen LogP contribution in [0.15, 0.2) is 30.3 Å². The van der Waals surface area contributed by atoms with E-state index >= 15 is 0 Å². The highest BCUT2D eigenvalue weighted by molar-refractivity contribution is 5.80. The van der Waals surface area contributed by atoms with Gasteiger partial charge in [-0.2, -0.15) is 0 Å². The first-order chi connectivity index (χ1) is 9.17. The lowest BCUT2D eigenvalue weighted by Gasteiger charge is -2.05. The first kappa shape index (κ1) is 11.5. The number of pyridine rings is 1. The van der Waals surface area contributed by atoms with E-state index in [4.69, 9.17) is 10.5 Å². The zero-order chi connectivity index (χ0) is 13.4. The average Bonchev–Trinajstić information content (AvgIpc) is 2.82. The summed E-state index contributed by atoms with van der Waals surface area (Å²) in [6.07, 6.45) is 0. The fourth-order valence-electron chi connectivity index (χ4n) is 1.98. The van der Waals surface area contributed by atoms with Gasteiger partial charge >= 0.3 is 0 Å². The minimum atomic E-state index is 0.650. The molecule has 0 amide bonds. The Morgan fingerprint density at radius 1 is 1.16 bits per heavy atom. The Morgan fingerprint density at radius 3 is 2.79 bits per heavy atom. The molecule has 0 unspecified atom stereocenters. The minimum Gasteiger partial charge on any atom is -0.497 e. The van der Waals surface area contributed by atoms with Gasteiger partial charge in [-0.1, -0.05) is 0 Å². The van der Waals surface area contributed by atoms with E-state index in [0.717, 1.165) is 22.5 Å². The monoisotopic (exact) mass is 254 g/mol. The standard InChI is InChI=1S/C14H14N4O/c1-8-3-6-12-14(16-8)18-13(17-12)10-7-9(19-2)4-5-11(10)15/h3-7H,15H2,1-2H3,(H,16,17,18). The number of aromatic nitrogens is 3. The highest BCUT2D eigenvalue weighted by atomic mass is 16.5. The predicted molar refractivity (Wildman–Crippen MR) is 75.0 cm³/mol. The number of H-pyrrole nitrogens is 1. The third-order valence-corrected chi connectivity index (χ3v) is 3.00. The number of fused-ring (bicyclic) bond motifs is 1. The van der Waals surface area contributed by atoms with E-state index in [1.807, 2.05) is 31.2 Å². The Morgan fingerprint density at radius 2 is 2.00 bits per heavy atom. The minimum absolute atomic E-state index is 0.650. The van der Waals surface area contributed by atoms with Crippen LogP contribution in [0.5, 0.6) is 5.75 Å². The van der Waals surface area contributed by atoms with Gasteiger partial charge in [-0.15, -0.1) is 0 Å². The van der Waals surface area contributed by atoms with Gasteiger partial charge in [-0.25, -0.2) is 9.97 Å². The van der Waals surface area contributed by atoms with Crippen molar-refractivity contribution in [3.05, 3.63) is 36.0 Å². The zero-order valence-electron chi connectivity index (χ0n) is 10.8. The molecule has 1 aromatic carbocycles. The van der Waals surface area contributed by atoms with Crippen LogP contribution in [0.4, 0.5) is 5.69 Å². The molecule has 0 spiro atoms. The van der Waals surface area contributed by atoms with E-state index in [9.17, 15) is 0 Å². The number of hydrogen-bond acceptors (Lipinski definition) is 4. The number of aromatic amines is 1. The Kier molecular flexibility index (Phi) is 2.59. The Bertz CT molecular complexity index is 748. The molecule has 3 rings (SSSR count). The summed E-state index contributed by atoms with van der Waals surface area (Å²) in [7, 11) is 1.62. The van der Waals surface area contributed by atoms with Crippen LogP contribution < -0.4 is 10.5 Å². The Hall–Kier alpha value is -2.56. The summed E-state index contributed by atoms with van der Waals surface area (Å²) in [5.41, 5.74) is 9.97. The fourth-order valence-corrected chi connectivity index (χ4v) is 1.98. The molecule has 3 N–H and O–H groups in total. The molecule has 96 valence electrons. The summed E-state index contributed by atoms with van der Waals surface area (Å²) in [5.74, 6) is 1.44. The van der Waals surface area contributed by atoms with E-state index in [0.29, 0.717) is 17.2 Å². The van der Waals surface area contributed by atoms with E-state index in [1.54, 1.807) is 13.2 Å².